The van der Waals surface area contributed by atoms with Crippen molar-refractivity contribution in [3.8, 4) is 0 Å². The van der Waals surface area contributed by atoms with Gasteiger partial charge in [0.2, 0.25) is 0 Å². The summed E-state index contributed by atoms with van der Waals surface area (Å²) >= 11 is 0. The number of pyridine rings is 1. The molecule has 0 unspecified atom stereocenters. The Kier molecular flexibility index (Phi) is 4.16. The van der Waals surface area contributed by atoms with Crippen molar-refractivity contribution in [2.75, 3.05) is 13.1 Å². The van der Waals surface area contributed by atoms with Gasteiger partial charge < -0.3 is 0 Å². The van der Waals surface area contributed by atoms with Crippen molar-refractivity contribution >= 4 is 0 Å². The van der Waals surface area contributed by atoms with Crippen molar-refractivity contribution in [2.24, 2.45) is 5.92 Å². The van der Waals surface area contributed by atoms with Gasteiger partial charge >= 0.3 is 0 Å². The SMILES string of the molecule is CC1CCN(Cc2ccnc(C(C)C)c2)CC1. The van der Waals surface area contributed by atoms with Crippen LogP contribution in [0.3, 0.4) is 0 Å². The number of rotatable bonds is 3. The fraction of sp³-hybridized carbons (Fsp3) is 0.667. The maximum absolute atomic E-state index is 4.43. The van der Waals surface area contributed by atoms with Gasteiger partial charge in [0, 0.05) is 18.4 Å². The third kappa shape index (κ3) is 3.53. The molecule has 1 aliphatic rings. The Labute approximate surface area is 105 Å². The van der Waals surface area contributed by atoms with Crippen molar-refractivity contribution in [3.63, 3.8) is 0 Å². The molecule has 1 aliphatic heterocycles. The van der Waals surface area contributed by atoms with Gasteiger partial charge in [-0.3, -0.25) is 9.88 Å². The van der Waals surface area contributed by atoms with Crippen LogP contribution in [0.1, 0.15) is 50.8 Å². The number of hydrogen-bond acceptors (Lipinski definition) is 2. The van der Waals surface area contributed by atoms with E-state index in [0.717, 1.165) is 12.5 Å². The number of hydrogen-bond donors (Lipinski definition) is 0. The van der Waals surface area contributed by atoms with Crippen molar-refractivity contribution < 1.29 is 0 Å². The lowest BCUT2D eigenvalue weighted by molar-refractivity contribution is 0.185. The molecular weight excluding hydrogens is 208 g/mol. The summed E-state index contributed by atoms with van der Waals surface area (Å²) in [4.78, 5) is 6.99. The van der Waals surface area contributed by atoms with Crippen molar-refractivity contribution in [2.45, 2.75) is 46.1 Å². The van der Waals surface area contributed by atoms with Gasteiger partial charge in [0.25, 0.3) is 0 Å². The Morgan fingerprint density at radius 2 is 2.06 bits per heavy atom. The molecule has 0 aliphatic carbocycles. The van der Waals surface area contributed by atoms with Crippen LogP contribution in [0.25, 0.3) is 0 Å². The topological polar surface area (TPSA) is 16.1 Å². The standard InChI is InChI=1S/C15H24N2/c1-12(2)15-10-14(4-7-16-15)11-17-8-5-13(3)6-9-17/h4,7,10,12-13H,5-6,8-9,11H2,1-3H3. The van der Waals surface area contributed by atoms with Gasteiger partial charge in [0.15, 0.2) is 0 Å². The van der Waals surface area contributed by atoms with Crippen LogP contribution in [0.5, 0.6) is 0 Å². The first-order chi connectivity index (χ1) is 8.15. The normalized spacial score (nSPS) is 18.8. The van der Waals surface area contributed by atoms with Crippen LogP contribution in [-0.2, 0) is 6.54 Å². The number of nitrogens with zero attached hydrogens (tertiary/aromatic N) is 2. The summed E-state index contributed by atoms with van der Waals surface area (Å²) in [6, 6.07) is 4.42. The monoisotopic (exact) mass is 232 g/mol. The summed E-state index contributed by atoms with van der Waals surface area (Å²) in [6.07, 6.45) is 4.65. The second kappa shape index (κ2) is 5.63. The van der Waals surface area contributed by atoms with Crippen molar-refractivity contribution in [1.29, 1.82) is 0 Å². The fourth-order valence-corrected chi connectivity index (χ4v) is 2.39. The molecule has 0 aromatic carbocycles. The molecule has 94 valence electrons. The average molecular weight is 232 g/mol. The molecule has 0 radical (unpaired) electrons. The van der Waals surface area contributed by atoms with E-state index in [2.05, 4.69) is 42.8 Å². The summed E-state index contributed by atoms with van der Waals surface area (Å²) in [5.41, 5.74) is 2.63. The Morgan fingerprint density at radius 1 is 1.35 bits per heavy atom. The average Bonchev–Trinajstić information content (AvgIpc) is 2.32. The van der Waals surface area contributed by atoms with Crippen LogP contribution in [-0.4, -0.2) is 23.0 Å². The molecule has 1 aromatic rings. The third-order valence-corrected chi connectivity index (χ3v) is 3.72. The second-order valence-corrected chi connectivity index (χ2v) is 5.70. The molecule has 0 N–H and O–H groups in total. The first-order valence-corrected chi connectivity index (χ1v) is 6.82. The van der Waals surface area contributed by atoms with E-state index in [4.69, 9.17) is 0 Å². The lowest BCUT2D eigenvalue weighted by atomic mass is 9.98. The quantitative estimate of drug-likeness (QED) is 0.793. The number of piperidine rings is 1. The smallest absolute Gasteiger partial charge is 0.0432 e. The molecule has 1 saturated heterocycles. The molecule has 1 fully saturated rings. The largest absolute Gasteiger partial charge is 0.299 e. The van der Waals surface area contributed by atoms with Crippen LogP contribution in [0.2, 0.25) is 0 Å². The summed E-state index contributed by atoms with van der Waals surface area (Å²) in [6.45, 7) is 10.4. The van der Waals surface area contributed by atoms with Gasteiger partial charge in [0.1, 0.15) is 0 Å². The van der Waals surface area contributed by atoms with E-state index in [1.807, 2.05) is 6.20 Å². The van der Waals surface area contributed by atoms with Crippen LogP contribution >= 0.6 is 0 Å². The van der Waals surface area contributed by atoms with Crippen LogP contribution in [0.4, 0.5) is 0 Å². The summed E-state index contributed by atoms with van der Waals surface area (Å²) in [7, 11) is 0. The molecule has 1 aromatic heterocycles. The van der Waals surface area contributed by atoms with E-state index >= 15 is 0 Å². The fourth-order valence-electron chi connectivity index (χ4n) is 2.39. The number of aromatic nitrogens is 1. The predicted molar refractivity (Wildman–Crippen MR) is 72.0 cm³/mol. The van der Waals surface area contributed by atoms with E-state index in [1.54, 1.807) is 0 Å². The third-order valence-electron chi connectivity index (χ3n) is 3.72. The molecule has 0 bridgehead atoms. The molecule has 17 heavy (non-hydrogen) atoms. The molecule has 2 heteroatoms. The Hall–Kier alpha value is -0.890. The minimum atomic E-state index is 0.524. The maximum atomic E-state index is 4.43. The van der Waals surface area contributed by atoms with Gasteiger partial charge in [0.05, 0.1) is 0 Å². The zero-order chi connectivity index (χ0) is 12.3. The maximum Gasteiger partial charge on any atom is 0.0432 e. The van der Waals surface area contributed by atoms with Crippen LogP contribution in [0, 0.1) is 5.92 Å². The van der Waals surface area contributed by atoms with E-state index in [0.29, 0.717) is 5.92 Å². The highest BCUT2D eigenvalue weighted by Crippen LogP contribution is 2.19. The molecule has 2 heterocycles. The molecule has 0 amide bonds. The van der Waals surface area contributed by atoms with E-state index < -0.39 is 0 Å². The second-order valence-electron chi connectivity index (χ2n) is 5.70. The van der Waals surface area contributed by atoms with Crippen molar-refractivity contribution in [3.05, 3.63) is 29.6 Å². The highest BCUT2D eigenvalue weighted by atomic mass is 15.1. The van der Waals surface area contributed by atoms with E-state index in [1.165, 1.54) is 37.2 Å². The first kappa shape index (κ1) is 12.6. The Balaban J connectivity index is 1.96. The number of likely N-dealkylation sites (tertiary alicyclic amines) is 1. The van der Waals surface area contributed by atoms with Crippen LogP contribution in [0.15, 0.2) is 18.3 Å². The molecule has 2 rings (SSSR count). The molecule has 0 saturated carbocycles. The first-order valence-electron chi connectivity index (χ1n) is 6.82. The van der Waals surface area contributed by atoms with E-state index in [9.17, 15) is 0 Å². The summed E-state index contributed by atoms with van der Waals surface area (Å²) < 4.78 is 0. The molecular formula is C15H24N2. The Morgan fingerprint density at radius 3 is 2.71 bits per heavy atom. The minimum absolute atomic E-state index is 0.524. The van der Waals surface area contributed by atoms with Crippen LogP contribution < -0.4 is 0 Å². The molecule has 0 spiro atoms. The molecule has 0 atom stereocenters. The zero-order valence-electron chi connectivity index (χ0n) is 11.3. The summed E-state index contributed by atoms with van der Waals surface area (Å²) in [5, 5.41) is 0. The minimum Gasteiger partial charge on any atom is -0.299 e. The lowest BCUT2D eigenvalue weighted by Gasteiger charge is -2.30. The van der Waals surface area contributed by atoms with Gasteiger partial charge in [-0.1, -0.05) is 20.8 Å². The van der Waals surface area contributed by atoms with Gasteiger partial charge in [-0.2, -0.15) is 0 Å². The van der Waals surface area contributed by atoms with E-state index in [-0.39, 0.29) is 0 Å². The Bertz CT molecular complexity index is 352. The van der Waals surface area contributed by atoms with Gasteiger partial charge in [-0.05, 0) is 55.5 Å². The van der Waals surface area contributed by atoms with Gasteiger partial charge in [-0.25, -0.2) is 0 Å². The van der Waals surface area contributed by atoms with Crippen molar-refractivity contribution in [1.82, 2.24) is 9.88 Å². The van der Waals surface area contributed by atoms with Gasteiger partial charge in [-0.15, -0.1) is 0 Å². The summed E-state index contributed by atoms with van der Waals surface area (Å²) in [5.74, 6) is 1.44. The highest BCUT2D eigenvalue weighted by molar-refractivity contribution is 5.18. The molecule has 2 nitrogen and oxygen atoms in total. The predicted octanol–water partition coefficient (Wildman–Crippen LogP) is 3.44. The zero-order valence-corrected chi connectivity index (χ0v) is 11.3. The lowest BCUT2D eigenvalue weighted by Crippen LogP contribution is -2.32. The highest BCUT2D eigenvalue weighted by Gasteiger charge is 2.15.